The summed E-state index contributed by atoms with van der Waals surface area (Å²) in [6, 6.07) is 5.41. The SMILES string of the molecule is CNCc1ccc(Br)c(S(=O)(=O)NCC2CSCCS2)c1. The minimum Gasteiger partial charge on any atom is -0.316 e. The third-order valence-corrected chi connectivity index (χ3v) is 8.31. The van der Waals surface area contributed by atoms with Crippen LogP contribution in [0.5, 0.6) is 0 Å². The number of hydrogen-bond acceptors (Lipinski definition) is 5. The highest BCUT2D eigenvalue weighted by molar-refractivity contribution is 9.10. The molecule has 1 fully saturated rings. The van der Waals surface area contributed by atoms with Gasteiger partial charge in [0.05, 0.1) is 4.90 Å². The van der Waals surface area contributed by atoms with Crippen molar-refractivity contribution in [3.8, 4) is 0 Å². The molecule has 1 saturated heterocycles. The predicted molar refractivity (Wildman–Crippen MR) is 95.7 cm³/mol. The molecule has 0 spiro atoms. The maximum Gasteiger partial charge on any atom is 0.241 e. The van der Waals surface area contributed by atoms with Crippen LogP contribution in [0.3, 0.4) is 0 Å². The summed E-state index contributed by atoms with van der Waals surface area (Å²) in [4.78, 5) is 0.309. The molecular formula is C13H19BrN2O2S3. The lowest BCUT2D eigenvalue weighted by Crippen LogP contribution is -2.33. The van der Waals surface area contributed by atoms with Gasteiger partial charge in [-0.2, -0.15) is 23.5 Å². The van der Waals surface area contributed by atoms with Crippen LogP contribution in [-0.2, 0) is 16.6 Å². The van der Waals surface area contributed by atoms with E-state index in [0.717, 1.165) is 22.8 Å². The molecule has 0 saturated carbocycles. The molecule has 1 unspecified atom stereocenters. The monoisotopic (exact) mass is 410 g/mol. The van der Waals surface area contributed by atoms with Crippen LogP contribution in [0.1, 0.15) is 5.56 Å². The Bertz CT molecular complexity index is 575. The normalized spacial score (nSPS) is 19.6. The molecule has 0 aromatic heterocycles. The second-order valence-electron chi connectivity index (χ2n) is 4.71. The summed E-state index contributed by atoms with van der Waals surface area (Å²) in [5, 5.41) is 3.39. The topological polar surface area (TPSA) is 58.2 Å². The first-order chi connectivity index (χ1) is 10.0. The van der Waals surface area contributed by atoms with Gasteiger partial charge in [-0.05, 0) is 40.7 Å². The largest absolute Gasteiger partial charge is 0.316 e. The van der Waals surface area contributed by atoms with Crippen molar-refractivity contribution in [1.82, 2.24) is 10.0 Å². The maximum absolute atomic E-state index is 12.5. The lowest BCUT2D eigenvalue weighted by molar-refractivity contribution is 0.581. The number of halogens is 1. The van der Waals surface area contributed by atoms with E-state index >= 15 is 0 Å². The maximum atomic E-state index is 12.5. The Morgan fingerprint density at radius 2 is 2.19 bits per heavy atom. The Morgan fingerprint density at radius 3 is 2.86 bits per heavy atom. The molecule has 0 amide bonds. The molecule has 1 heterocycles. The predicted octanol–water partition coefficient (Wildman–Crippen LogP) is 2.30. The Hall–Kier alpha value is 0.270. The fraction of sp³-hybridized carbons (Fsp3) is 0.538. The molecule has 0 aliphatic carbocycles. The van der Waals surface area contributed by atoms with Gasteiger partial charge in [0.1, 0.15) is 0 Å². The van der Waals surface area contributed by atoms with E-state index in [2.05, 4.69) is 26.0 Å². The molecule has 4 nitrogen and oxygen atoms in total. The summed E-state index contributed by atoms with van der Waals surface area (Å²) >= 11 is 7.07. The van der Waals surface area contributed by atoms with E-state index in [0.29, 0.717) is 27.7 Å². The molecule has 1 aliphatic heterocycles. The second kappa shape index (κ2) is 8.21. The third kappa shape index (κ3) is 5.14. The van der Waals surface area contributed by atoms with Crippen molar-refractivity contribution >= 4 is 49.5 Å². The van der Waals surface area contributed by atoms with Crippen molar-refractivity contribution in [2.45, 2.75) is 16.7 Å². The zero-order valence-electron chi connectivity index (χ0n) is 11.8. The van der Waals surface area contributed by atoms with Crippen molar-refractivity contribution in [2.24, 2.45) is 0 Å². The lowest BCUT2D eigenvalue weighted by atomic mass is 10.2. The van der Waals surface area contributed by atoms with Crippen LogP contribution in [0.25, 0.3) is 0 Å². The van der Waals surface area contributed by atoms with Gasteiger partial charge in [-0.15, -0.1) is 0 Å². The first kappa shape index (κ1) is 17.6. The number of hydrogen-bond donors (Lipinski definition) is 2. The molecule has 1 aromatic rings. The van der Waals surface area contributed by atoms with Gasteiger partial charge in [-0.3, -0.25) is 0 Å². The first-order valence-corrected chi connectivity index (χ1v) is 11.1. The molecule has 21 heavy (non-hydrogen) atoms. The second-order valence-corrected chi connectivity index (χ2v) is 9.86. The fourth-order valence-electron chi connectivity index (χ4n) is 2.00. The fourth-order valence-corrected chi connectivity index (χ4v) is 6.81. The quantitative estimate of drug-likeness (QED) is 0.753. The van der Waals surface area contributed by atoms with E-state index in [1.165, 1.54) is 0 Å². The van der Waals surface area contributed by atoms with Gasteiger partial charge in [-0.25, -0.2) is 13.1 Å². The smallest absolute Gasteiger partial charge is 0.241 e. The summed E-state index contributed by atoms with van der Waals surface area (Å²) in [5.74, 6) is 3.26. The van der Waals surface area contributed by atoms with Crippen LogP contribution < -0.4 is 10.0 Å². The minimum absolute atomic E-state index is 0.309. The molecule has 2 N–H and O–H groups in total. The average Bonchev–Trinajstić information content (AvgIpc) is 2.48. The number of rotatable bonds is 6. The van der Waals surface area contributed by atoms with Crippen molar-refractivity contribution in [3.05, 3.63) is 28.2 Å². The van der Waals surface area contributed by atoms with Gasteiger partial charge >= 0.3 is 0 Å². The lowest BCUT2D eigenvalue weighted by Gasteiger charge is -2.21. The minimum atomic E-state index is -3.48. The Kier molecular flexibility index (Phi) is 6.89. The van der Waals surface area contributed by atoms with Crippen LogP contribution in [0.4, 0.5) is 0 Å². The van der Waals surface area contributed by atoms with Crippen LogP contribution in [0.2, 0.25) is 0 Å². The van der Waals surface area contributed by atoms with E-state index in [1.54, 1.807) is 12.1 Å². The zero-order chi connectivity index (χ0) is 15.3. The van der Waals surface area contributed by atoms with E-state index in [9.17, 15) is 8.42 Å². The van der Waals surface area contributed by atoms with Gasteiger partial charge in [-0.1, -0.05) is 6.07 Å². The van der Waals surface area contributed by atoms with Crippen LogP contribution in [-0.4, -0.2) is 44.5 Å². The highest BCUT2D eigenvalue weighted by Gasteiger charge is 2.21. The third-order valence-electron chi connectivity index (χ3n) is 3.05. The van der Waals surface area contributed by atoms with Crippen LogP contribution >= 0.6 is 39.5 Å². The van der Waals surface area contributed by atoms with Gasteiger partial charge in [0, 0.05) is 40.1 Å². The number of thioether (sulfide) groups is 2. The zero-order valence-corrected chi connectivity index (χ0v) is 15.8. The molecular weight excluding hydrogens is 392 g/mol. The molecule has 8 heteroatoms. The van der Waals surface area contributed by atoms with E-state index in [-0.39, 0.29) is 0 Å². The van der Waals surface area contributed by atoms with Crippen molar-refractivity contribution < 1.29 is 8.42 Å². The first-order valence-electron chi connectivity index (χ1n) is 6.65. The Balaban J connectivity index is 2.08. The molecule has 118 valence electrons. The van der Waals surface area contributed by atoms with Crippen molar-refractivity contribution in [3.63, 3.8) is 0 Å². The van der Waals surface area contributed by atoms with E-state index in [1.807, 2.05) is 36.6 Å². The molecule has 1 aliphatic rings. The summed E-state index contributed by atoms with van der Waals surface area (Å²) in [5.41, 5.74) is 0.948. The molecule has 0 radical (unpaired) electrons. The number of nitrogens with one attached hydrogen (secondary N) is 2. The number of benzene rings is 1. The van der Waals surface area contributed by atoms with E-state index < -0.39 is 10.0 Å². The Labute approximate surface area is 143 Å². The molecule has 1 aromatic carbocycles. The molecule has 2 rings (SSSR count). The molecule has 0 bridgehead atoms. The summed E-state index contributed by atoms with van der Waals surface area (Å²) in [7, 11) is -1.64. The van der Waals surface area contributed by atoms with Gasteiger partial charge in [0.25, 0.3) is 0 Å². The van der Waals surface area contributed by atoms with Crippen LogP contribution in [0.15, 0.2) is 27.6 Å². The summed E-state index contributed by atoms with van der Waals surface area (Å²) in [6.07, 6.45) is 0. The average molecular weight is 411 g/mol. The standard InChI is InChI=1S/C13H19BrN2O2S3/c1-15-7-10-2-3-12(14)13(6-10)21(17,18)16-8-11-9-19-4-5-20-11/h2-3,6,11,15-16H,4-5,7-9H2,1H3. The summed E-state index contributed by atoms with van der Waals surface area (Å²) < 4.78 is 28.3. The van der Waals surface area contributed by atoms with Gasteiger partial charge in [0.15, 0.2) is 0 Å². The Morgan fingerprint density at radius 1 is 1.38 bits per heavy atom. The van der Waals surface area contributed by atoms with Crippen molar-refractivity contribution in [2.75, 3.05) is 30.9 Å². The van der Waals surface area contributed by atoms with Gasteiger partial charge < -0.3 is 5.32 Å². The molecule has 1 atom stereocenters. The highest BCUT2D eigenvalue weighted by atomic mass is 79.9. The van der Waals surface area contributed by atoms with E-state index in [4.69, 9.17) is 0 Å². The van der Waals surface area contributed by atoms with Crippen molar-refractivity contribution in [1.29, 1.82) is 0 Å². The highest BCUT2D eigenvalue weighted by Crippen LogP contribution is 2.26. The van der Waals surface area contributed by atoms with Crippen LogP contribution in [0, 0.1) is 0 Å². The summed E-state index contributed by atoms with van der Waals surface area (Å²) in [6.45, 7) is 1.13. The number of sulfonamides is 1. The van der Waals surface area contributed by atoms with Gasteiger partial charge in [0.2, 0.25) is 10.0 Å².